The Bertz CT molecular complexity index is 1760. The fourth-order valence-corrected chi connectivity index (χ4v) is 4.59. The molecule has 5 aromatic rings. The van der Waals surface area contributed by atoms with Crippen LogP contribution in [0.4, 0.5) is 11.5 Å². The van der Waals surface area contributed by atoms with Gasteiger partial charge in [0, 0.05) is 30.5 Å². The normalized spacial score (nSPS) is 15.3. The number of hydrogen-bond acceptors (Lipinski definition) is 9. The van der Waals surface area contributed by atoms with E-state index in [1.54, 1.807) is 21.8 Å². The van der Waals surface area contributed by atoms with Gasteiger partial charge >= 0.3 is 0 Å². The van der Waals surface area contributed by atoms with Crippen LogP contribution in [0.3, 0.4) is 0 Å². The first kappa shape index (κ1) is 24.2. The Kier molecular flexibility index (Phi) is 6.16. The number of rotatable bonds is 6. The molecule has 1 aliphatic heterocycles. The Hall–Kier alpha value is -5.19. The molecule has 0 spiro atoms. The van der Waals surface area contributed by atoms with E-state index in [1.165, 1.54) is 18.7 Å². The number of carbonyl (C=O) groups excluding carboxylic acids is 1. The highest BCUT2D eigenvalue weighted by atomic mass is 16.5. The summed E-state index contributed by atoms with van der Waals surface area (Å²) >= 11 is 0. The molecule has 1 amide bonds. The summed E-state index contributed by atoms with van der Waals surface area (Å²) in [5.41, 5.74) is 4.70. The zero-order valence-corrected chi connectivity index (χ0v) is 21.4. The van der Waals surface area contributed by atoms with Gasteiger partial charge in [-0.25, -0.2) is 29.4 Å². The third-order valence-corrected chi connectivity index (χ3v) is 6.60. The van der Waals surface area contributed by atoms with Crippen molar-refractivity contribution in [1.29, 1.82) is 0 Å². The second-order valence-corrected chi connectivity index (χ2v) is 9.20. The van der Waals surface area contributed by atoms with Crippen LogP contribution in [-0.4, -0.2) is 57.9 Å². The molecular formula is C28H25N9O2. The van der Waals surface area contributed by atoms with Crippen molar-refractivity contribution < 1.29 is 9.53 Å². The average Bonchev–Trinajstić information content (AvgIpc) is 3.42. The summed E-state index contributed by atoms with van der Waals surface area (Å²) in [7, 11) is 0. The van der Waals surface area contributed by atoms with E-state index < -0.39 is 0 Å². The van der Waals surface area contributed by atoms with Crippen LogP contribution in [0.5, 0.6) is 11.5 Å². The minimum Gasteiger partial charge on any atom is -0.457 e. The van der Waals surface area contributed by atoms with E-state index in [9.17, 15) is 4.79 Å². The highest BCUT2D eigenvalue weighted by Crippen LogP contribution is 2.30. The van der Waals surface area contributed by atoms with Crippen LogP contribution >= 0.6 is 0 Å². The van der Waals surface area contributed by atoms with Gasteiger partial charge in [0.1, 0.15) is 35.2 Å². The molecule has 11 heteroatoms. The van der Waals surface area contributed by atoms with Gasteiger partial charge in [-0.3, -0.25) is 4.79 Å². The largest absolute Gasteiger partial charge is 0.457 e. The van der Waals surface area contributed by atoms with E-state index >= 15 is 0 Å². The van der Waals surface area contributed by atoms with Crippen molar-refractivity contribution in [2.24, 2.45) is 0 Å². The fraction of sp³-hybridized carbons (Fsp3) is 0.179. The maximum atomic E-state index is 12.1. The number of aryl methyl sites for hydroxylation is 1. The Morgan fingerprint density at radius 2 is 2.05 bits per heavy atom. The van der Waals surface area contributed by atoms with Crippen LogP contribution in [0.25, 0.3) is 22.3 Å². The molecule has 0 bridgehead atoms. The second kappa shape index (κ2) is 9.93. The Morgan fingerprint density at radius 3 is 2.87 bits per heavy atom. The highest BCUT2D eigenvalue weighted by molar-refractivity contribution is 5.89. The van der Waals surface area contributed by atoms with E-state index in [2.05, 4.69) is 36.9 Å². The summed E-state index contributed by atoms with van der Waals surface area (Å²) in [6, 6.07) is 9.40. The lowest BCUT2D eigenvalue weighted by molar-refractivity contribution is -0.127. The molecule has 0 aliphatic carbocycles. The summed E-state index contributed by atoms with van der Waals surface area (Å²) in [5.74, 6) is 2.49. The van der Waals surface area contributed by atoms with Gasteiger partial charge in [-0.2, -0.15) is 5.10 Å². The monoisotopic (exact) mass is 519 g/mol. The Morgan fingerprint density at radius 1 is 1.15 bits per heavy atom. The quantitative estimate of drug-likeness (QED) is 0.323. The first-order chi connectivity index (χ1) is 19.0. The molecule has 1 N–H and O–H groups in total. The van der Waals surface area contributed by atoms with Gasteiger partial charge in [0.2, 0.25) is 5.91 Å². The lowest BCUT2D eigenvalue weighted by Crippen LogP contribution is -2.39. The molecule has 6 rings (SSSR count). The number of fused-ring (bicyclic) bond motifs is 2. The number of amides is 1. The van der Waals surface area contributed by atoms with Gasteiger partial charge in [0.25, 0.3) is 0 Å². The van der Waals surface area contributed by atoms with Crippen molar-refractivity contribution in [2.75, 3.05) is 11.9 Å². The zero-order valence-electron chi connectivity index (χ0n) is 21.4. The van der Waals surface area contributed by atoms with Crippen LogP contribution in [0.2, 0.25) is 0 Å². The molecule has 11 nitrogen and oxygen atoms in total. The van der Waals surface area contributed by atoms with Gasteiger partial charge < -0.3 is 15.0 Å². The average molecular weight is 520 g/mol. The standard InChI is InChI=1S/C28H25N9O2/c1-4-25(38)36-9-7-19(12-18(36)3)27-29-14-22-26(35-27)28(32-15-30-22)34-20-5-6-23(17(2)11-20)39-21-8-10-37-24(13-21)31-16-33-37/h4-6,8,10-16,18H,1,7,9H2,2-3H3,(H,30,32,34)/t18-/m0/s1. The summed E-state index contributed by atoms with van der Waals surface area (Å²) in [6.07, 6.45) is 10.5. The number of ether oxygens (including phenoxy) is 1. The topological polar surface area (TPSA) is 123 Å². The number of anilines is 2. The lowest BCUT2D eigenvalue weighted by Gasteiger charge is -2.31. The number of carbonyl (C=O) groups is 1. The third kappa shape index (κ3) is 4.77. The van der Waals surface area contributed by atoms with Crippen LogP contribution in [0, 0.1) is 6.92 Å². The molecule has 1 atom stereocenters. The lowest BCUT2D eigenvalue weighted by atomic mass is 10.0. The highest BCUT2D eigenvalue weighted by Gasteiger charge is 2.23. The molecule has 0 saturated carbocycles. The Labute approximate surface area is 223 Å². The van der Waals surface area contributed by atoms with Gasteiger partial charge in [-0.1, -0.05) is 12.7 Å². The molecular weight excluding hydrogens is 494 g/mol. The van der Waals surface area contributed by atoms with Crippen molar-refractivity contribution in [2.45, 2.75) is 26.3 Å². The van der Waals surface area contributed by atoms with Crippen LogP contribution < -0.4 is 10.1 Å². The molecule has 4 aromatic heterocycles. The predicted octanol–water partition coefficient (Wildman–Crippen LogP) is 4.50. The third-order valence-electron chi connectivity index (χ3n) is 6.60. The summed E-state index contributed by atoms with van der Waals surface area (Å²) in [6.45, 7) is 8.12. The molecule has 0 saturated heterocycles. The molecule has 0 radical (unpaired) electrons. The number of nitrogens with zero attached hydrogens (tertiary/aromatic N) is 8. The zero-order chi connectivity index (χ0) is 26.9. The van der Waals surface area contributed by atoms with E-state index in [0.29, 0.717) is 47.0 Å². The van der Waals surface area contributed by atoms with E-state index in [4.69, 9.17) is 9.72 Å². The molecule has 39 heavy (non-hydrogen) atoms. The maximum Gasteiger partial charge on any atom is 0.246 e. The van der Waals surface area contributed by atoms with E-state index in [0.717, 1.165) is 22.6 Å². The van der Waals surface area contributed by atoms with Gasteiger partial charge in [-0.05, 0) is 61.7 Å². The smallest absolute Gasteiger partial charge is 0.246 e. The van der Waals surface area contributed by atoms with Crippen LogP contribution in [0.1, 0.15) is 24.7 Å². The number of pyridine rings is 1. The molecule has 5 heterocycles. The Balaban J connectivity index is 1.25. The number of benzene rings is 1. The van der Waals surface area contributed by atoms with Crippen molar-refractivity contribution in [1.82, 2.24) is 39.4 Å². The van der Waals surface area contributed by atoms with E-state index in [-0.39, 0.29) is 11.9 Å². The first-order valence-electron chi connectivity index (χ1n) is 12.5. The molecule has 1 aromatic carbocycles. The summed E-state index contributed by atoms with van der Waals surface area (Å²) in [5, 5.41) is 7.47. The van der Waals surface area contributed by atoms with Crippen molar-refractivity contribution in [3.63, 3.8) is 0 Å². The predicted molar refractivity (Wildman–Crippen MR) is 147 cm³/mol. The second-order valence-electron chi connectivity index (χ2n) is 9.20. The molecule has 0 fully saturated rings. The summed E-state index contributed by atoms with van der Waals surface area (Å²) < 4.78 is 7.77. The number of aromatic nitrogens is 7. The van der Waals surface area contributed by atoms with Crippen LogP contribution in [0.15, 0.2) is 74.1 Å². The molecule has 194 valence electrons. The van der Waals surface area contributed by atoms with Gasteiger partial charge in [0.15, 0.2) is 17.3 Å². The summed E-state index contributed by atoms with van der Waals surface area (Å²) in [4.78, 5) is 36.2. The van der Waals surface area contributed by atoms with Crippen LogP contribution in [-0.2, 0) is 4.79 Å². The van der Waals surface area contributed by atoms with Crippen molar-refractivity contribution in [3.8, 4) is 11.5 Å². The number of hydrogen-bond donors (Lipinski definition) is 1. The minimum absolute atomic E-state index is 0.0786. The van der Waals surface area contributed by atoms with E-state index in [1.807, 2.05) is 50.3 Å². The maximum absolute atomic E-state index is 12.1. The SMILES string of the molecule is C=CC(=O)N1CCC(c2ncc3ncnc(Nc4ccc(Oc5ccn6ncnc6c5)c(C)c4)c3n2)=C[C@@H]1C. The van der Waals surface area contributed by atoms with Crippen molar-refractivity contribution in [3.05, 3.63) is 85.5 Å². The molecule has 0 unspecified atom stereocenters. The molecule has 1 aliphatic rings. The van der Waals surface area contributed by atoms with Crippen molar-refractivity contribution >= 4 is 39.7 Å². The van der Waals surface area contributed by atoms with Gasteiger partial charge in [-0.15, -0.1) is 0 Å². The minimum atomic E-state index is -0.0831. The van der Waals surface area contributed by atoms with Gasteiger partial charge in [0.05, 0.1) is 6.20 Å². The fourth-order valence-electron chi connectivity index (χ4n) is 4.59. The first-order valence-corrected chi connectivity index (χ1v) is 12.5. The number of nitrogens with one attached hydrogen (secondary N) is 1.